The number of carbonyl (C=O) groups is 2. The molecule has 10 aliphatic rings. The SMILES string of the molecule is C[C@]12CC3CC(C(=O)N[C@@H]4CCNC[C@H]4F)(C1)C[C@@](c1ccc(C45CC6(C(=O)N[C@H]7CCNC[C@@H]7F)C[C@](C)(C4)C[C@@](c4ccccc4)(C6)C5)cc1)(C3)C2. The molecular formula is C46H60F2N4O2. The lowest BCUT2D eigenvalue weighted by Gasteiger charge is -2.70. The molecule has 2 aromatic rings. The maximum atomic E-state index is 15.1. The van der Waals surface area contributed by atoms with Gasteiger partial charge in [0.2, 0.25) is 11.8 Å². The zero-order chi connectivity index (χ0) is 37.2. The van der Waals surface area contributed by atoms with E-state index in [1.54, 1.807) is 0 Å². The quantitative estimate of drug-likeness (QED) is 0.245. The van der Waals surface area contributed by atoms with Gasteiger partial charge in [0.1, 0.15) is 12.3 Å². The van der Waals surface area contributed by atoms with Gasteiger partial charge in [-0.2, -0.15) is 0 Å². The van der Waals surface area contributed by atoms with Crippen molar-refractivity contribution in [1.29, 1.82) is 0 Å². The molecule has 4 N–H and O–H groups in total. The summed E-state index contributed by atoms with van der Waals surface area (Å²) in [6.07, 6.45) is 10.8. The first-order valence-electron chi connectivity index (χ1n) is 21.3. The second-order valence-corrected chi connectivity index (χ2v) is 21.2. The molecule has 2 aromatic carbocycles. The van der Waals surface area contributed by atoms with E-state index in [1.165, 1.54) is 23.1 Å². The van der Waals surface area contributed by atoms with Crippen molar-refractivity contribution in [3.05, 3.63) is 71.3 Å². The van der Waals surface area contributed by atoms with Crippen molar-refractivity contribution in [3.8, 4) is 0 Å². The standard InChI is InChI=1S/C46H60F2N4O2/c1-40-16-30-17-42(21-40,26-43(18-30,22-40)38(53)51-36-12-14-49-19-34(36)47)32-8-10-33(11-9-32)45-24-41(2)23-44(27-45,31-6-4-3-5-7-31)28-46(25-41,29-45)39(54)52-37-13-15-50-20-35(37)48/h3-11,30,34-37,49-50H,12-29H2,1-2H3,(H,51,53)(H,52,54)/t30?,34-,35+,36-,37+,40-,41+,42-,43?,44+,45?,46?/m1/s1. The van der Waals surface area contributed by atoms with Crippen molar-refractivity contribution < 1.29 is 18.4 Å². The highest BCUT2D eigenvalue weighted by molar-refractivity contribution is 5.85. The van der Waals surface area contributed by atoms with E-state index in [4.69, 9.17) is 0 Å². The van der Waals surface area contributed by atoms with E-state index in [0.717, 1.165) is 83.7 Å². The number of hydrogen-bond donors (Lipinski definition) is 4. The number of rotatable bonds is 7. The molecular weight excluding hydrogens is 679 g/mol. The molecule has 290 valence electrons. The Hall–Kier alpha value is -2.84. The zero-order valence-corrected chi connectivity index (χ0v) is 32.4. The van der Waals surface area contributed by atoms with Crippen LogP contribution in [0.25, 0.3) is 0 Å². The van der Waals surface area contributed by atoms with Gasteiger partial charge in [0.15, 0.2) is 0 Å². The smallest absolute Gasteiger partial charge is 0.226 e. The minimum atomic E-state index is -1.07. The minimum absolute atomic E-state index is 0.00882. The summed E-state index contributed by atoms with van der Waals surface area (Å²) in [5.74, 6) is 0.660. The number of nitrogens with one attached hydrogen (secondary N) is 4. The van der Waals surface area contributed by atoms with Crippen LogP contribution in [0.3, 0.4) is 0 Å². The number of alkyl halides is 2. The Morgan fingerprint density at radius 1 is 0.574 bits per heavy atom. The fourth-order valence-corrected chi connectivity index (χ4v) is 16.1. The number of benzene rings is 2. The molecule has 0 aromatic heterocycles. The molecule has 6 nitrogen and oxygen atoms in total. The number of amides is 2. The van der Waals surface area contributed by atoms with Crippen LogP contribution in [0.4, 0.5) is 8.78 Å². The van der Waals surface area contributed by atoms with Gasteiger partial charge in [0, 0.05) is 13.1 Å². The molecule has 0 radical (unpaired) electrons. The molecule has 12 atom stereocenters. The Morgan fingerprint density at radius 3 is 1.65 bits per heavy atom. The van der Waals surface area contributed by atoms with Gasteiger partial charge in [0.05, 0.1) is 22.9 Å². The van der Waals surface area contributed by atoms with Crippen LogP contribution in [-0.2, 0) is 25.8 Å². The third-order valence-corrected chi connectivity index (χ3v) is 16.6. The van der Waals surface area contributed by atoms with E-state index in [2.05, 4.69) is 89.7 Å². The highest BCUT2D eigenvalue weighted by Gasteiger charge is 2.70. The number of hydrogen-bond acceptors (Lipinski definition) is 4. The molecule has 2 aliphatic heterocycles. The molecule has 54 heavy (non-hydrogen) atoms. The summed E-state index contributed by atoms with van der Waals surface area (Å²) >= 11 is 0. The first kappa shape index (κ1) is 35.6. The topological polar surface area (TPSA) is 82.3 Å². The maximum absolute atomic E-state index is 15.1. The third-order valence-electron chi connectivity index (χ3n) is 16.6. The van der Waals surface area contributed by atoms with E-state index >= 15 is 4.39 Å². The predicted molar refractivity (Wildman–Crippen MR) is 207 cm³/mol. The lowest BCUT2D eigenvalue weighted by molar-refractivity contribution is -0.167. The van der Waals surface area contributed by atoms with Crippen LogP contribution < -0.4 is 21.3 Å². The van der Waals surface area contributed by atoms with E-state index in [9.17, 15) is 14.0 Å². The highest BCUT2D eigenvalue weighted by Crippen LogP contribution is 2.75. The van der Waals surface area contributed by atoms with Crippen molar-refractivity contribution >= 4 is 11.8 Å². The molecule has 10 fully saturated rings. The lowest BCUT2D eigenvalue weighted by atomic mass is 9.33. The van der Waals surface area contributed by atoms with Crippen LogP contribution in [0.15, 0.2) is 54.6 Å². The molecule has 8 aliphatic carbocycles. The fourth-order valence-electron chi connectivity index (χ4n) is 16.1. The molecule has 12 rings (SSSR count). The molecule has 8 heteroatoms. The molecule has 2 amide bonds. The van der Waals surface area contributed by atoms with Crippen molar-refractivity contribution in [2.75, 3.05) is 26.2 Å². The molecule has 8 bridgehead atoms. The van der Waals surface area contributed by atoms with Crippen molar-refractivity contribution in [3.63, 3.8) is 0 Å². The monoisotopic (exact) mass is 738 g/mol. The molecule has 0 spiro atoms. The van der Waals surface area contributed by atoms with Crippen molar-refractivity contribution in [2.24, 2.45) is 27.6 Å². The van der Waals surface area contributed by atoms with E-state index in [1.807, 2.05) is 0 Å². The van der Waals surface area contributed by atoms with Gasteiger partial charge in [-0.25, -0.2) is 8.78 Å². The maximum Gasteiger partial charge on any atom is 0.226 e. The van der Waals surface area contributed by atoms with Crippen LogP contribution in [-0.4, -0.2) is 62.4 Å². The van der Waals surface area contributed by atoms with Crippen LogP contribution in [0, 0.1) is 27.6 Å². The van der Waals surface area contributed by atoms with Crippen molar-refractivity contribution in [2.45, 2.75) is 144 Å². The second-order valence-electron chi connectivity index (χ2n) is 21.2. The highest BCUT2D eigenvalue weighted by atomic mass is 19.1. The van der Waals surface area contributed by atoms with Crippen LogP contribution in [0.5, 0.6) is 0 Å². The summed E-state index contributed by atoms with van der Waals surface area (Å²) in [6.45, 7) is 6.90. The van der Waals surface area contributed by atoms with Gasteiger partial charge < -0.3 is 21.3 Å². The molecule has 2 heterocycles. The van der Waals surface area contributed by atoms with Gasteiger partial charge >= 0.3 is 0 Å². The number of halogens is 2. The Bertz CT molecular complexity index is 1830. The third kappa shape index (κ3) is 5.49. The molecule has 4 unspecified atom stereocenters. The van der Waals surface area contributed by atoms with Gasteiger partial charge in [-0.15, -0.1) is 0 Å². The van der Waals surface area contributed by atoms with E-state index < -0.39 is 35.3 Å². The summed E-state index contributed by atoms with van der Waals surface area (Å²) in [4.78, 5) is 29.0. The number of carbonyl (C=O) groups excluding carboxylic acids is 2. The summed E-state index contributed by atoms with van der Waals surface area (Å²) < 4.78 is 30.1. The minimum Gasteiger partial charge on any atom is -0.350 e. The second kappa shape index (κ2) is 12.1. The fraction of sp³-hybridized carbons (Fsp3) is 0.696. The first-order chi connectivity index (χ1) is 25.8. The largest absolute Gasteiger partial charge is 0.350 e. The summed E-state index contributed by atoms with van der Waals surface area (Å²) in [5.41, 5.74) is 2.78. The van der Waals surface area contributed by atoms with Gasteiger partial charge in [0.25, 0.3) is 0 Å². The number of piperidine rings is 2. The Morgan fingerprint density at radius 2 is 1.07 bits per heavy atom. The van der Waals surface area contributed by atoms with Gasteiger partial charge in [-0.3, -0.25) is 9.59 Å². The zero-order valence-electron chi connectivity index (χ0n) is 32.4. The van der Waals surface area contributed by atoms with Crippen LogP contribution >= 0.6 is 0 Å². The van der Waals surface area contributed by atoms with E-state index in [-0.39, 0.29) is 38.9 Å². The average molecular weight is 739 g/mol. The Labute approximate surface area is 320 Å². The first-order valence-corrected chi connectivity index (χ1v) is 21.3. The Kier molecular flexibility index (Phi) is 7.96. The van der Waals surface area contributed by atoms with Crippen LogP contribution in [0.2, 0.25) is 0 Å². The van der Waals surface area contributed by atoms with Crippen molar-refractivity contribution in [1.82, 2.24) is 21.3 Å². The summed E-state index contributed by atoms with van der Waals surface area (Å²) in [5, 5.41) is 12.8. The van der Waals surface area contributed by atoms with Crippen LogP contribution in [0.1, 0.15) is 120 Å². The lowest BCUT2D eigenvalue weighted by Crippen LogP contribution is -2.68. The van der Waals surface area contributed by atoms with Gasteiger partial charge in [-0.1, -0.05) is 68.4 Å². The predicted octanol–water partition coefficient (Wildman–Crippen LogP) is 7.10. The normalized spacial score (nSPS) is 47.4. The van der Waals surface area contributed by atoms with E-state index in [0.29, 0.717) is 31.8 Å². The molecule has 8 saturated carbocycles. The Balaban J connectivity index is 0.987. The summed E-state index contributed by atoms with van der Waals surface area (Å²) in [7, 11) is 0. The van der Waals surface area contributed by atoms with Gasteiger partial charge in [-0.05, 0) is 153 Å². The average Bonchev–Trinajstić information content (AvgIpc) is 3.12. The molecule has 2 saturated heterocycles. The summed E-state index contributed by atoms with van der Waals surface area (Å²) in [6, 6.07) is 19.7.